The second-order valence-corrected chi connectivity index (χ2v) is 10.4. The highest BCUT2D eigenvalue weighted by Gasteiger charge is 2.25. The Bertz CT molecular complexity index is 490. The zero-order chi connectivity index (χ0) is 16.9. The van der Waals surface area contributed by atoms with E-state index in [2.05, 4.69) is 13.1 Å². The summed E-state index contributed by atoms with van der Waals surface area (Å²) in [5, 5.41) is 0. The van der Waals surface area contributed by atoms with E-state index in [-0.39, 0.29) is 6.42 Å². The zero-order valence-corrected chi connectivity index (χ0v) is 14.0. The van der Waals surface area contributed by atoms with Gasteiger partial charge in [-0.1, -0.05) is 19.3 Å². The average molecular weight is 340 g/mol. The van der Waals surface area contributed by atoms with Gasteiger partial charge in [-0.3, -0.25) is 0 Å². The quantitative estimate of drug-likeness (QED) is 0.204. The van der Waals surface area contributed by atoms with Gasteiger partial charge in [0, 0.05) is 12.7 Å². The minimum atomic E-state index is -2.11. The third-order valence-electron chi connectivity index (χ3n) is 3.81. The van der Waals surface area contributed by atoms with Crippen molar-refractivity contribution in [2.45, 2.75) is 51.2 Å². The first-order valence-electron chi connectivity index (χ1n) is 7.26. The second-order valence-electron chi connectivity index (χ2n) is 5.93. The van der Waals surface area contributed by atoms with E-state index >= 15 is 0 Å². The van der Waals surface area contributed by atoms with Gasteiger partial charge >= 0.3 is 0 Å². The summed E-state index contributed by atoms with van der Waals surface area (Å²) >= 11 is 0. The van der Waals surface area contributed by atoms with E-state index in [4.69, 9.17) is 4.43 Å². The second kappa shape index (κ2) is 8.06. The van der Waals surface area contributed by atoms with Crippen molar-refractivity contribution < 1.29 is 26.4 Å². The minimum absolute atomic E-state index is 0.156. The lowest BCUT2D eigenvalue weighted by Crippen LogP contribution is -2.27. The van der Waals surface area contributed by atoms with Crippen molar-refractivity contribution in [1.82, 2.24) is 0 Å². The van der Waals surface area contributed by atoms with Gasteiger partial charge in [0.15, 0.2) is 31.6 Å². The van der Waals surface area contributed by atoms with E-state index in [0.29, 0.717) is 12.8 Å². The summed E-state index contributed by atoms with van der Waals surface area (Å²) in [6.07, 6.45) is 2.68. The molecule has 1 aromatic rings. The zero-order valence-electron chi connectivity index (χ0n) is 13.0. The lowest BCUT2D eigenvalue weighted by molar-refractivity contribution is 0.368. The molecular formula is C15H21F5OSi. The van der Waals surface area contributed by atoms with Gasteiger partial charge in [-0.15, -0.1) is 0 Å². The molecule has 22 heavy (non-hydrogen) atoms. The Labute approximate surface area is 128 Å². The van der Waals surface area contributed by atoms with Crippen molar-refractivity contribution in [1.29, 1.82) is 0 Å². The van der Waals surface area contributed by atoms with E-state index in [1.165, 1.54) is 0 Å². The molecule has 0 saturated carbocycles. The largest absolute Gasteiger partial charge is 0.420 e. The van der Waals surface area contributed by atoms with Crippen LogP contribution in [0.3, 0.4) is 0 Å². The van der Waals surface area contributed by atoms with Crippen molar-refractivity contribution in [3.63, 3.8) is 0 Å². The summed E-state index contributed by atoms with van der Waals surface area (Å²) in [6, 6.07) is 0.978. The first-order chi connectivity index (χ1) is 10.2. The van der Waals surface area contributed by atoms with E-state index in [0.717, 1.165) is 18.9 Å². The Balaban J connectivity index is 2.50. The predicted octanol–water partition coefficient (Wildman–Crippen LogP) is 5.34. The molecule has 0 unspecified atom stereocenters. The van der Waals surface area contributed by atoms with Crippen molar-refractivity contribution >= 4 is 8.32 Å². The third-order valence-corrected chi connectivity index (χ3v) is 6.47. The molecule has 1 rings (SSSR count). The summed E-state index contributed by atoms with van der Waals surface area (Å²) < 4.78 is 71.3. The number of hydrogen-bond donors (Lipinski definition) is 0. The summed E-state index contributed by atoms with van der Waals surface area (Å²) in [5.41, 5.74) is -0.719. The molecule has 7 heteroatoms. The number of hydrogen-bond acceptors (Lipinski definition) is 1. The van der Waals surface area contributed by atoms with E-state index in [9.17, 15) is 22.0 Å². The molecule has 0 N–H and O–H groups in total. The first kappa shape index (κ1) is 19.1. The SMILES string of the molecule is CO[Si](C)(C)CCCCCCc1c(F)c(F)c(F)c(F)c1F. The van der Waals surface area contributed by atoms with Gasteiger partial charge in [0.05, 0.1) is 0 Å². The van der Waals surface area contributed by atoms with Crippen LogP contribution in [-0.2, 0) is 10.8 Å². The molecule has 0 aliphatic heterocycles. The van der Waals surface area contributed by atoms with Crippen LogP contribution in [-0.4, -0.2) is 15.4 Å². The Morgan fingerprint density at radius 2 is 1.18 bits per heavy atom. The highest BCUT2D eigenvalue weighted by molar-refractivity contribution is 6.71. The molecule has 0 aromatic heterocycles. The lowest BCUT2D eigenvalue weighted by atomic mass is 10.0. The van der Waals surface area contributed by atoms with Crippen molar-refractivity contribution in [2.24, 2.45) is 0 Å². The van der Waals surface area contributed by atoms with Crippen LogP contribution in [0.1, 0.15) is 31.2 Å². The lowest BCUT2D eigenvalue weighted by Gasteiger charge is -2.19. The Hall–Kier alpha value is -0.953. The van der Waals surface area contributed by atoms with E-state index < -0.39 is 43.0 Å². The van der Waals surface area contributed by atoms with Gasteiger partial charge in [0.25, 0.3) is 0 Å². The van der Waals surface area contributed by atoms with E-state index in [1.807, 2.05) is 0 Å². The smallest absolute Gasteiger partial charge is 0.200 e. The van der Waals surface area contributed by atoms with E-state index in [1.54, 1.807) is 7.11 Å². The van der Waals surface area contributed by atoms with Crippen molar-refractivity contribution in [3.05, 3.63) is 34.6 Å². The average Bonchev–Trinajstić information content (AvgIpc) is 2.49. The fourth-order valence-corrected chi connectivity index (χ4v) is 3.48. The molecule has 0 fully saturated rings. The highest BCUT2D eigenvalue weighted by Crippen LogP contribution is 2.25. The summed E-state index contributed by atoms with van der Waals surface area (Å²) in [5.74, 6) is -9.29. The maximum atomic E-state index is 13.4. The molecular weight excluding hydrogens is 319 g/mol. The van der Waals surface area contributed by atoms with Crippen LogP contribution in [0.5, 0.6) is 0 Å². The first-order valence-corrected chi connectivity index (χ1v) is 10.4. The van der Waals surface area contributed by atoms with Crippen LogP contribution in [0.25, 0.3) is 0 Å². The number of benzene rings is 1. The van der Waals surface area contributed by atoms with Gasteiger partial charge in [-0.05, 0) is 32.0 Å². The van der Waals surface area contributed by atoms with Gasteiger partial charge in [0.1, 0.15) is 0 Å². The molecule has 0 aliphatic carbocycles. The van der Waals surface area contributed by atoms with Crippen LogP contribution < -0.4 is 0 Å². The van der Waals surface area contributed by atoms with Crippen LogP contribution in [0.4, 0.5) is 22.0 Å². The highest BCUT2D eigenvalue weighted by atomic mass is 28.4. The molecule has 0 saturated heterocycles. The maximum Gasteiger partial charge on any atom is 0.200 e. The fourth-order valence-electron chi connectivity index (χ4n) is 2.18. The van der Waals surface area contributed by atoms with Crippen LogP contribution in [0.15, 0.2) is 0 Å². The molecule has 1 nitrogen and oxygen atoms in total. The molecule has 0 spiro atoms. The van der Waals surface area contributed by atoms with Crippen LogP contribution in [0, 0.1) is 29.1 Å². The Kier molecular flexibility index (Phi) is 6.99. The van der Waals surface area contributed by atoms with Gasteiger partial charge < -0.3 is 4.43 Å². The molecule has 0 amide bonds. The number of unbranched alkanes of at least 4 members (excludes halogenated alkanes) is 3. The monoisotopic (exact) mass is 340 g/mol. The topological polar surface area (TPSA) is 9.23 Å². The maximum absolute atomic E-state index is 13.4. The number of halogens is 5. The molecule has 0 aliphatic rings. The fraction of sp³-hybridized carbons (Fsp3) is 0.600. The molecule has 1 aromatic carbocycles. The molecule has 0 heterocycles. The Morgan fingerprint density at radius 1 is 0.727 bits per heavy atom. The van der Waals surface area contributed by atoms with Crippen molar-refractivity contribution in [2.75, 3.05) is 7.11 Å². The van der Waals surface area contributed by atoms with Crippen LogP contribution in [0.2, 0.25) is 19.1 Å². The molecule has 0 atom stereocenters. The summed E-state index contributed by atoms with van der Waals surface area (Å²) in [7, 11) is 0.0885. The normalized spacial score (nSPS) is 12.0. The summed E-state index contributed by atoms with van der Waals surface area (Å²) in [6.45, 7) is 4.20. The number of rotatable bonds is 8. The third kappa shape index (κ3) is 4.77. The van der Waals surface area contributed by atoms with Crippen LogP contribution >= 0.6 is 0 Å². The van der Waals surface area contributed by atoms with Crippen molar-refractivity contribution in [3.8, 4) is 0 Å². The van der Waals surface area contributed by atoms with Gasteiger partial charge in [0.2, 0.25) is 5.82 Å². The molecule has 0 bridgehead atoms. The standard InChI is InChI=1S/C15H21F5OSi/c1-21-22(2,3)9-7-5-4-6-8-10-11(16)13(18)15(20)14(19)12(10)17/h4-9H2,1-3H3. The molecule has 0 radical (unpaired) electrons. The Morgan fingerprint density at radius 3 is 1.68 bits per heavy atom. The molecule has 126 valence electrons. The van der Waals surface area contributed by atoms with Gasteiger partial charge in [-0.2, -0.15) is 0 Å². The van der Waals surface area contributed by atoms with Gasteiger partial charge in [-0.25, -0.2) is 22.0 Å². The predicted molar refractivity (Wildman–Crippen MR) is 77.7 cm³/mol. The minimum Gasteiger partial charge on any atom is -0.420 e. The summed E-state index contributed by atoms with van der Waals surface area (Å²) in [4.78, 5) is 0.